The van der Waals surface area contributed by atoms with E-state index in [1.807, 2.05) is 23.5 Å². The van der Waals surface area contributed by atoms with Gasteiger partial charge in [0.25, 0.3) is 0 Å². The van der Waals surface area contributed by atoms with Gasteiger partial charge in [0.1, 0.15) is 0 Å². The zero-order chi connectivity index (χ0) is 42.2. The van der Waals surface area contributed by atoms with Gasteiger partial charge in [-0.15, -0.1) is 0 Å². The highest BCUT2D eigenvalue weighted by Crippen LogP contribution is 2.59. The molecule has 0 saturated heterocycles. The molecule has 0 aromatic heterocycles. The van der Waals surface area contributed by atoms with E-state index >= 15 is 0 Å². The summed E-state index contributed by atoms with van der Waals surface area (Å²) in [4.78, 5) is 7.38. The van der Waals surface area contributed by atoms with Gasteiger partial charge < -0.3 is 4.90 Å². The molecular weight excluding hydrogens is 787 g/mol. The second-order valence-electron chi connectivity index (χ2n) is 18.2. The minimum atomic E-state index is -0.306. The summed E-state index contributed by atoms with van der Waals surface area (Å²) in [6.45, 7) is 11.8. The van der Waals surface area contributed by atoms with E-state index in [2.05, 4.69) is 234 Å². The molecule has 0 atom stereocenters. The molecule has 3 heteroatoms. The minimum absolute atomic E-state index is 0.0704. The molecule has 1 aliphatic rings. The Labute approximate surface area is 373 Å². The Hall–Kier alpha value is -6.26. The van der Waals surface area contributed by atoms with Crippen molar-refractivity contribution < 1.29 is 0 Å². The van der Waals surface area contributed by atoms with Gasteiger partial charge in [-0.25, -0.2) is 0 Å². The predicted molar refractivity (Wildman–Crippen MR) is 268 cm³/mol. The van der Waals surface area contributed by atoms with Gasteiger partial charge in [-0.3, -0.25) is 0 Å². The molecule has 0 spiro atoms. The largest absolute Gasteiger partial charge is 0.310 e. The van der Waals surface area contributed by atoms with Crippen LogP contribution in [0.3, 0.4) is 0 Å². The maximum Gasteiger partial charge on any atom is 0.0465 e. The highest BCUT2D eigenvalue weighted by Gasteiger charge is 2.40. The summed E-state index contributed by atoms with van der Waals surface area (Å²) in [6, 6.07) is 72.1. The van der Waals surface area contributed by atoms with Crippen molar-refractivity contribution in [3.05, 3.63) is 211 Å². The fourth-order valence-corrected chi connectivity index (χ4v) is 11.7. The van der Waals surface area contributed by atoms with Gasteiger partial charge >= 0.3 is 0 Å². The van der Waals surface area contributed by atoms with E-state index in [0.717, 1.165) is 17.1 Å². The van der Waals surface area contributed by atoms with E-state index in [1.54, 1.807) is 0 Å². The molecular formula is C59H47NS2. The molecule has 10 aromatic carbocycles. The maximum atomic E-state index is 2.51. The van der Waals surface area contributed by atoms with Crippen molar-refractivity contribution in [3.8, 4) is 22.3 Å². The van der Waals surface area contributed by atoms with Gasteiger partial charge in [0.05, 0.1) is 0 Å². The molecule has 10 aromatic rings. The second-order valence-corrected chi connectivity index (χ2v) is 20.4. The quantitative estimate of drug-likeness (QED) is 0.140. The van der Waals surface area contributed by atoms with Crippen LogP contribution < -0.4 is 4.90 Å². The molecule has 0 bridgehead atoms. The summed E-state index contributed by atoms with van der Waals surface area (Å²) in [7, 11) is 0. The van der Waals surface area contributed by atoms with Crippen LogP contribution in [0.25, 0.3) is 54.6 Å². The summed E-state index contributed by atoms with van der Waals surface area (Å²) >= 11 is 3.71. The predicted octanol–water partition coefficient (Wildman–Crippen LogP) is 17.6. The van der Waals surface area contributed by atoms with E-state index < -0.39 is 0 Å². The first-order valence-electron chi connectivity index (χ1n) is 21.6. The average molecular weight is 834 g/mol. The van der Waals surface area contributed by atoms with E-state index in [4.69, 9.17) is 0 Å². The lowest BCUT2D eigenvalue weighted by Crippen LogP contribution is -2.17. The molecule has 1 nitrogen and oxygen atoms in total. The number of hydrogen-bond acceptors (Lipinski definition) is 3. The Bertz CT molecular complexity index is 3220. The normalized spacial score (nSPS) is 13.2. The summed E-state index contributed by atoms with van der Waals surface area (Å²) in [5, 5.41) is 7.96. The topological polar surface area (TPSA) is 3.24 Å². The van der Waals surface area contributed by atoms with Crippen LogP contribution in [0, 0.1) is 0 Å². The SMILES string of the molecule is CC(C)(C)c1ccc(-c2cc3cc(Sc4ccccc4)cc4c5c(c6cc(Sc7ccccc7)cc2c6c34)C(C)(C)c2cc(N(c3ccccc3)c3ccccc3)ccc2-5)cc1. The van der Waals surface area contributed by atoms with Crippen molar-refractivity contribution >= 4 is 72.9 Å². The van der Waals surface area contributed by atoms with E-state index in [9.17, 15) is 0 Å². The van der Waals surface area contributed by atoms with Gasteiger partial charge in [-0.1, -0.05) is 161 Å². The van der Waals surface area contributed by atoms with Crippen molar-refractivity contribution in [1.29, 1.82) is 0 Å². The Morgan fingerprint density at radius 3 is 1.55 bits per heavy atom. The van der Waals surface area contributed by atoms with Crippen LogP contribution in [0.4, 0.5) is 17.1 Å². The van der Waals surface area contributed by atoms with Crippen molar-refractivity contribution in [2.45, 2.75) is 65.0 Å². The molecule has 0 saturated carbocycles. The van der Waals surface area contributed by atoms with Crippen LogP contribution in [0.1, 0.15) is 51.3 Å². The summed E-state index contributed by atoms with van der Waals surface area (Å²) in [5.74, 6) is 0. The lowest BCUT2D eigenvalue weighted by Gasteiger charge is -2.29. The first kappa shape index (κ1) is 38.6. The number of anilines is 3. The average Bonchev–Trinajstić information content (AvgIpc) is 3.53. The number of nitrogens with zero attached hydrogens (tertiary/aromatic N) is 1. The van der Waals surface area contributed by atoms with E-state index in [-0.39, 0.29) is 10.8 Å². The van der Waals surface area contributed by atoms with E-state index in [1.165, 1.54) is 90.8 Å². The fourth-order valence-electron chi connectivity index (χ4n) is 9.85. The van der Waals surface area contributed by atoms with Gasteiger partial charge in [-0.05, 0) is 168 Å². The van der Waals surface area contributed by atoms with Crippen LogP contribution in [-0.2, 0) is 10.8 Å². The highest BCUT2D eigenvalue weighted by molar-refractivity contribution is 7.99. The number of para-hydroxylation sites is 2. The van der Waals surface area contributed by atoms with Crippen LogP contribution in [-0.4, -0.2) is 0 Å². The first-order chi connectivity index (χ1) is 30.1. The monoisotopic (exact) mass is 833 g/mol. The number of fused-ring (bicyclic) bond motifs is 5. The Balaban J connectivity index is 1.22. The third kappa shape index (κ3) is 6.58. The molecule has 1 aliphatic carbocycles. The Kier molecular flexibility index (Phi) is 9.34. The molecule has 11 rings (SSSR count). The lowest BCUT2D eigenvalue weighted by atomic mass is 9.77. The van der Waals surface area contributed by atoms with Gasteiger partial charge in [0, 0.05) is 42.1 Å². The highest BCUT2D eigenvalue weighted by atomic mass is 32.2. The molecule has 0 fully saturated rings. The molecule has 62 heavy (non-hydrogen) atoms. The van der Waals surface area contributed by atoms with Crippen molar-refractivity contribution in [2.75, 3.05) is 4.90 Å². The summed E-state index contributed by atoms with van der Waals surface area (Å²) in [5.41, 5.74) is 12.5. The third-order valence-electron chi connectivity index (χ3n) is 12.8. The third-order valence-corrected chi connectivity index (χ3v) is 14.7. The first-order valence-corrected chi connectivity index (χ1v) is 23.2. The minimum Gasteiger partial charge on any atom is -0.310 e. The van der Waals surface area contributed by atoms with E-state index in [0.29, 0.717) is 0 Å². The second kappa shape index (κ2) is 15.0. The summed E-state index contributed by atoms with van der Waals surface area (Å²) < 4.78 is 0. The zero-order valence-corrected chi connectivity index (χ0v) is 37.4. The van der Waals surface area contributed by atoms with Crippen molar-refractivity contribution in [2.24, 2.45) is 0 Å². The van der Waals surface area contributed by atoms with Crippen LogP contribution in [0.5, 0.6) is 0 Å². The molecule has 0 N–H and O–H groups in total. The number of rotatable bonds is 8. The summed E-state index contributed by atoms with van der Waals surface area (Å²) in [6.07, 6.45) is 0. The van der Waals surface area contributed by atoms with Gasteiger partial charge in [0.15, 0.2) is 0 Å². The van der Waals surface area contributed by atoms with Gasteiger partial charge in [-0.2, -0.15) is 0 Å². The van der Waals surface area contributed by atoms with Crippen LogP contribution in [0.2, 0.25) is 0 Å². The molecule has 0 unspecified atom stereocenters. The smallest absolute Gasteiger partial charge is 0.0465 e. The van der Waals surface area contributed by atoms with Crippen molar-refractivity contribution in [1.82, 2.24) is 0 Å². The van der Waals surface area contributed by atoms with Crippen LogP contribution in [0.15, 0.2) is 214 Å². The molecule has 300 valence electrons. The van der Waals surface area contributed by atoms with Crippen LogP contribution >= 0.6 is 23.5 Å². The lowest BCUT2D eigenvalue weighted by molar-refractivity contribution is 0.590. The molecule has 0 aliphatic heterocycles. The standard InChI is InChI=1S/C59H47NS2/c1-58(2,3)40-28-26-38(27-29-40)49-33-39-32-46(61-44-22-14-8-15-23-44)36-51-54(39)55-50(49)35-47(62-45-24-16-9-17-25-45)37-52(55)57-56(51)48-31-30-43(34-53(48)59(57,4)5)60(41-18-10-6-11-19-41)42-20-12-7-13-21-42/h6-37H,1-5H3. The zero-order valence-electron chi connectivity index (χ0n) is 35.7. The molecule has 0 amide bonds. The molecule has 0 heterocycles. The molecule has 0 radical (unpaired) electrons. The number of hydrogen-bond donors (Lipinski definition) is 0. The fraction of sp³-hybridized carbons (Fsp3) is 0.119. The Morgan fingerprint density at radius 1 is 0.435 bits per heavy atom. The Morgan fingerprint density at radius 2 is 0.968 bits per heavy atom. The van der Waals surface area contributed by atoms with Crippen molar-refractivity contribution in [3.63, 3.8) is 0 Å². The van der Waals surface area contributed by atoms with Gasteiger partial charge in [0.2, 0.25) is 0 Å². The maximum absolute atomic E-state index is 2.51. The number of benzene rings is 10.